The van der Waals surface area contributed by atoms with Crippen molar-refractivity contribution in [2.75, 3.05) is 11.5 Å². The van der Waals surface area contributed by atoms with Gasteiger partial charge < -0.3 is 11.1 Å². The van der Waals surface area contributed by atoms with Gasteiger partial charge in [0, 0.05) is 24.3 Å². The van der Waals surface area contributed by atoms with Gasteiger partial charge in [-0.25, -0.2) is 0 Å². The monoisotopic (exact) mass is 250 g/mol. The number of carbonyl (C=O) groups excluding carboxylic acids is 1. The Morgan fingerprint density at radius 1 is 1.47 bits per heavy atom. The summed E-state index contributed by atoms with van der Waals surface area (Å²) in [6.45, 7) is 0. The van der Waals surface area contributed by atoms with Crippen molar-refractivity contribution >= 4 is 17.7 Å². The highest BCUT2D eigenvalue weighted by atomic mass is 32.2. The average molecular weight is 250 g/mol. The molecule has 1 saturated heterocycles. The smallest absolute Gasteiger partial charge is 0.222 e. The second-order valence-corrected chi connectivity index (χ2v) is 5.50. The molecule has 1 aliphatic heterocycles. The number of nitrogens with two attached hydrogens (primary N) is 1. The van der Waals surface area contributed by atoms with Crippen LogP contribution in [0.1, 0.15) is 24.4 Å². The number of carbonyl (C=O) groups is 1. The maximum atomic E-state index is 11.8. The predicted octanol–water partition coefficient (Wildman–Crippen LogP) is 1.70. The molecule has 1 aliphatic rings. The van der Waals surface area contributed by atoms with Crippen LogP contribution in [-0.4, -0.2) is 23.5 Å². The van der Waals surface area contributed by atoms with Gasteiger partial charge in [0.25, 0.3) is 0 Å². The molecule has 1 aromatic carbocycles. The number of thioether (sulfide) groups is 1. The number of amides is 1. The summed E-state index contributed by atoms with van der Waals surface area (Å²) in [4.78, 5) is 11.8. The molecule has 3 nitrogen and oxygen atoms in total. The second kappa shape index (κ2) is 6.07. The van der Waals surface area contributed by atoms with Crippen molar-refractivity contribution in [1.82, 2.24) is 5.32 Å². The average Bonchev–Trinajstić information content (AvgIpc) is 2.82. The van der Waals surface area contributed by atoms with Crippen LogP contribution in [0.4, 0.5) is 0 Å². The Kier molecular flexibility index (Phi) is 4.45. The molecule has 1 amide bonds. The van der Waals surface area contributed by atoms with Crippen molar-refractivity contribution in [2.24, 2.45) is 5.73 Å². The quantitative estimate of drug-likeness (QED) is 0.855. The third-order valence-corrected chi connectivity index (χ3v) is 4.09. The van der Waals surface area contributed by atoms with Crippen LogP contribution in [-0.2, 0) is 4.79 Å². The highest BCUT2D eigenvalue weighted by Gasteiger charge is 2.19. The molecule has 1 heterocycles. The van der Waals surface area contributed by atoms with E-state index in [0.29, 0.717) is 12.5 Å². The van der Waals surface area contributed by atoms with Crippen molar-refractivity contribution in [3.63, 3.8) is 0 Å². The van der Waals surface area contributed by atoms with Crippen molar-refractivity contribution in [3.8, 4) is 0 Å². The van der Waals surface area contributed by atoms with Gasteiger partial charge in [-0.05, 0) is 17.7 Å². The largest absolute Gasteiger partial charge is 0.352 e. The predicted molar refractivity (Wildman–Crippen MR) is 71.9 cm³/mol. The first-order valence-corrected chi connectivity index (χ1v) is 7.09. The summed E-state index contributed by atoms with van der Waals surface area (Å²) in [5, 5.41) is 3.04. The number of hydrogen-bond acceptors (Lipinski definition) is 3. The Labute approximate surface area is 106 Å². The number of hydrogen-bond donors (Lipinski definition) is 2. The molecule has 2 atom stereocenters. The molecule has 3 N–H and O–H groups in total. The van der Waals surface area contributed by atoms with Crippen LogP contribution in [0.15, 0.2) is 30.3 Å². The molecular weight excluding hydrogens is 232 g/mol. The topological polar surface area (TPSA) is 55.1 Å². The zero-order chi connectivity index (χ0) is 12.1. The number of rotatable bonds is 4. The lowest BCUT2D eigenvalue weighted by molar-refractivity contribution is -0.122. The fourth-order valence-corrected chi connectivity index (χ4v) is 3.11. The van der Waals surface area contributed by atoms with Crippen LogP contribution in [0.5, 0.6) is 0 Å². The third kappa shape index (κ3) is 3.75. The minimum absolute atomic E-state index is 0.0638. The standard InChI is InChI=1S/C13H18N2OS/c14-12(10-4-2-1-3-5-10)8-13(16)15-11-6-7-17-9-11/h1-5,11-12H,6-9,14H2,(H,15,16). The van der Waals surface area contributed by atoms with E-state index < -0.39 is 0 Å². The molecule has 2 rings (SSSR count). The fourth-order valence-electron chi connectivity index (χ4n) is 1.95. The minimum atomic E-state index is -0.203. The maximum Gasteiger partial charge on any atom is 0.222 e. The Morgan fingerprint density at radius 2 is 2.24 bits per heavy atom. The van der Waals surface area contributed by atoms with Crippen molar-refractivity contribution in [1.29, 1.82) is 0 Å². The first-order valence-electron chi connectivity index (χ1n) is 5.93. The van der Waals surface area contributed by atoms with Crippen LogP contribution in [0, 0.1) is 0 Å². The summed E-state index contributed by atoms with van der Waals surface area (Å²) in [5.41, 5.74) is 7.02. The summed E-state index contributed by atoms with van der Waals surface area (Å²) < 4.78 is 0. The first-order chi connectivity index (χ1) is 8.25. The van der Waals surface area contributed by atoms with Crippen LogP contribution < -0.4 is 11.1 Å². The summed E-state index contributed by atoms with van der Waals surface area (Å²) in [6.07, 6.45) is 1.45. The summed E-state index contributed by atoms with van der Waals surface area (Å²) in [5.74, 6) is 2.25. The van der Waals surface area contributed by atoms with Crippen LogP contribution >= 0.6 is 11.8 Å². The lowest BCUT2D eigenvalue weighted by atomic mass is 10.0. The lowest BCUT2D eigenvalue weighted by Crippen LogP contribution is -2.36. The van der Waals surface area contributed by atoms with Gasteiger partial charge in [0.1, 0.15) is 0 Å². The molecule has 17 heavy (non-hydrogen) atoms. The van der Waals surface area contributed by atoms with Crippen LogP contribution in [0.3, 0.4) is 0 Å². The van der Waals surface area contributed by atoms with Crippen LogP contribution in [0.25, 0.3) is 0 Å². The third-order valence-electron chi connectivity index (χ3n) is 2.93. The van der Waals surface area contributed by atoms with E-state index in [1.165, 1.54) is 0 Å². The molecule has 0 aromatic heterocycles. The van der Waals surface area contributed by atoms with Gasteiger partial charge in [0.05, 0.1) is 0 Å². The summed E-state index contributed by atoms with van der Waals surface area (Å²) >= 11 is 1.89. The molecule has 1 aromatic rings. The van der Waals surface area contributed by atoms with Gasteiger partial charge in [-0.3, -0.25) is 4.79 Å². The van der Waals surface area contributed by atoms with E-state index in [-0.39, 0.29) is 11.9 Å². The molecular formula is C13H18N2OS. The van der Waals surface area contributed by atoms with Gasteiger partial charge in [0.2, 0.25) is 5.91 Å². The number of nitrogens with one attached hydrogen (secondary N) is 1. The van der Waals surface area contributed by atoms with E-state index in [2.05, 4.69) is 5.32 Å². The summed E-state index contributed by atoms with van der Waals surface area (Å²) in [6, 6.07) is 9.90. The van der Waals surface area contributed by atoms with Crippen molar-refractivity contribution in [3.05, 3.63) is 35.9 Å². The molecule has 92 valence electrons. The Bertz CT molecular complexity index is 363. The second-order valence-electron chi connectivity index (χ2n) is 4.35. The van der Waals surface area contributed by atoms with Gasteiger partial charge >= 0.3 is 0 Å². The van der Waals surface area contributed by atoms with E-state index in [1.54, 1.807) is 0 Å². The van der Waals surface area contributed by atoms with Gasteiger partial charge in [-0.2, -0.15) is 11.8 Å². The fraction of sp³-hybridized carbons (Fsp3) is 0.462. The Hall–Kier alpha value is -1.00. The van der Waals surface area contributed by atoms with Crippen molar-refractivity contribution < 1.29 is 4.79 Å². The SMILES string of the molecule is NC(CC(=O)NC1CCSC1)c1ccccc1. The van der Waals surface area contributed by atoms with Crippen molar-refractivity contribution in [2.45, 2.75) is 24.9 Å². The highest BCUT2D eigenvalue weighted by Crippen LogP contribution is 2.18. The molecule has 0 saturated carbocycles. The molecule has 1 fully saturated rings. The zero-order valence-corrected chi connectivity index (χ0v) is 10.6. The van der Waals surface area contributed by atoms with E-state index in [0.717, 1.165) is 23.5 Å². The van der Waals surface area contributed by atoms with E-state index in [9.17, 15) is 4.79 Å². The van der Waals surface area contributed by atoms with E-state index >= 15 is 0 Å². The molecule has 0 bridgehead atoms. The normalized spacial score (nSPS) is 21.1. The lowest BCUT2D eigenvalue weighted by Gasteiger charge is -2.15. The Morgan fingerprint density at radius 3 is 2.88 bits per heavy atom. The molecule has 0 spiro atoms. The van der Waals surface area contributed by atoms with Crippen LogP contribution in [0.2, 0.25) is 0 Å². The molecule has 0 radical (unpaired) electrons. The maximum absolute atomic E-state index is 11.8. The van der Waals surface area contributed by atoms with E-state index in [1.807, 2.05) is 42.1 Å². The first kappa shape index (κ1) is 12.5. The molecule has 4 heteroatoms. The van der Waals surface area contributed by atoms with E-state index in [4.69, 9.17) is 5.73 Å². The van der Waals surface area contributed by atoms with Gasteiger partial charge in [-0.1, -0.05) is 30.3 Å². The minimum Gasteiger partial charge on any atom is -0.352 e. The van der Waals surface area contributed by atoms with Gasteiger partial charge in [0.15, 0.2) is 0 Å². The highest BCUT2D eigenvalue weighted by molar-refractivity contribution is 7.99. The zero-order valence-electron chi connectivity index (χ0n) is 9.76. The Balaban J connectivity index is 1.81. The summed E-state index contributed by atoms with van der Waals surface area (Å²) in [7, 11) is 0. The molecule has 2 unspecified atom stereocenters. The molecule has 0 aliphatic carbocycles. The van der Waals surface area contributed by atoms with Gasteiger partial charge in [-0.15, -0.1) is 0 Å². The number of benzene rings is 1.